The van der Waals surface area contributed by atoms with Crippen LogP contribution in [0.5, 0.6) is 5.75 Å². The third-order valence-electron chi connectivity index (χ3n) is 6.09. The second-order valence-electron chi connectivity index (χ2n) is 7.84. The summed E-state index contributed by atoms with van der Waals surface area (Å²) in [5.74, 6) is 4.00. The average Bonchev–Trinajstić information content (AvgIpc) is 3.05. The van der Waals surface area contributed by atoms with Gasteiger partial charge in [-0.25, -0.2) is 0 Å². The van der Waals surface area contributed by atoms with E-state index in [1.165, 1.54) is 56.9 Å². The number of ether oxygens (including phenoxy) is 1. The first-order valence-corrected chi connectivity index (χ1v) is 9.77. The molecule has 2 aliphatic carbocycles. The van der Waals surface area contributed by atoms with Crippen molar-refractivity contribution in [3.8, 4) is 5.75 Å². The first-order chi connectivity index (χ1) is 11.8. The smallest absolute Gasteiger partial charge is 0.164 e. The van der Waals surface area contributed by atoms with Gasteiger partial charge >= 0.3 is 0 Å². The highest BCUT2D eigenvalue weighted by molar-refractivity contribution is 5.47. The molecule has 0 N–H and O–H groups in total. The van der Waals surface area contributed by atoms with E-state index in [1.807, 2.05) is 10.5 Å². The van der Waals surface area contributed by atoms with Gasteiger partial charge in [0.25, 0.3) is 0 Å². The molecule has 2 aromatic rings. The van der Waals surface area contributed by atoms with Gasteiger partial charge in [-0.2, -0.15) is 0 Å². The molecule has 2 aliphatic rings. The van der Waals surface area contributed by atoms with Gasteiger partial charge in [0.15, 0.2) is 5.65 Å². The van der Waals surface area contributed by atoms with Crippen molar-refractivity contribution < 1.29 is 4.74 Å². The first kappa shape index (κ1) is 15.9. The van der Waals surface area contributed by atoms with Gasteiger partial charge in [-0.3, -0.25) is 4.40 Å². The Labute approximate surface area is 144 Å². The van der Waals surface area contributed by atoms with E-state index in [0.717, 1.165) is 42.2 Å². The lowest BCUT2D eigenvalue weighted by Gasteiger charge is -2.39. The minimum atomic E-state index is 0.823. The van der Waals surface area contributed by atoms with Crippen LogP contribution in [-0.4, -0.2) is 21.2 Å². The summed E-state index contributed by atoms with van der Waals surface area (Å²) in [5.41, 5.74) is 2.09. The summed E-state index contributed by atoms with van der Waals surface area (Å²) < 4.78 is 8.07. The van der Waals surface area contributed by atoms with Crippen LogP contribution in [0.1, 0.15) is 63.9 Å². The quantitative estimate of drug-likeness (QED) is 0.724. The minimum absolute atomic E-state index is 0.823. The highest BCUT2D eigenvalue weighted by Crippen LogP contribution is 2.43. The third kappa shape index (κ3) is 3.42. The summed E-state index contributed by atoms with van der Waals surface area (Å²) in [4.78, 5) is 0. The SMILES string of the molecule is CCc1cn2cnnc2cc1OCCCC1CC2CCCC(C1)C2. The number of aryl methyl sites for hydroxylation is 1. The van der Waals surface area contributed by atoms with E-state index in [9.17, 15) is 0 Å². The number of pyridine rings is 1. The van der Waals surface area contributed by atoms with Crippen molar-refractivity contribution in [2.75, 3.05) is 6.61 Å². The highest BCUT2D eigenvalue weighted by atomic mass is 16.5. The van der Waals surface area contributed by atoms with Crippen molar-refractivity contribution in [2.45, 2.75) is 64.7 Å². The fraction of sp³-hybridized carbons (Fsp3) is 0.700. The Morgan fingerprint density at radius 3 is 2.83 bits per heavy atom. The van der Waals surface area contributed by atoms with Crippen LogP contribution in [0.3, 0.4) is 0 Å². The standard InChI is InChI=1S/C20H29N3O/c1-2-18-13-23-14-21-22-20(23)12-19(18)24-8-4-7-17-10-15-5-3-6-16(9-15)11-17/h12-17H,2-11H2,1H3. The topological polar surface area (TPSA) is 39.4 Å². The summed E-state index contributed by atoms with van der Waals surface area (Å²) in [5, 5.41) is 8.08. The average molecular weight is 327 g/mol. The van der Waals surface area contributed by atoms with E-state index in [-0.39, 0.29) is 0 Å². The third-order valence-corrected chi connectivity index (χ3v) is 6.09. The van der Waals surface area contributed by atoms with Gasteiger partial charge < -0.3 is 4.74 Å². The molecule has 4 heteroatoms. The number of fused-ring (bicyclic) bond motifs is 3. The molecular weight excluding hydrogens is 298 g/mol. The van der Waals surface area contributed by atoms with Crippen molar-refractivity contribution in [1.82, 2.24) is 14.6 Å². The first-order valence-electron chi connectivity index (χ1n) is 9.77. The summed E-state index contributed by atoms with van der Waals surface area (Å²) in [6.45, 7) is 2.99. The van der Waals surface area contributed by atoms with E-state index in [2.05, 4.69) is 23.3 Å². The molecule has 2 atom stereocenters. The molecule has 2 aromatic heterocycles. The molecule has 2 fully saturated rings. The molecule has 4 rings (SSSR count). The maximum Gasteiger partial charge on any atom is 0.164 e. The number of rotatable bonds is 6. The second kappa shape index (κ2) is 7.12. The predicted molar refractivity (Wildman–Crippen MR) is 95.3 cm³/mol. The van der Waals surface area contributed by atoms with E-state index in [4.69, 9.17) is 4.74 Å². The molecule has 0 aromatic carbocycles. The normalized spacial score (nSPS) is 26.6. The van der Waals surface area contributed by atoms with Crippen LogP contribution >= 0.6 is 0 Å². The van der Waals surface area contributed by atoms with Crippen LogP contribution in [0, 0.1) is 17.8 Å². The van der Waals surface area contributed by atoms with Crippen LogP contribution in [0.2, 0.25) is 0 Å². The molecular formula is C20H29N3O. The van der Waals surface area contributed by atoms with Crippen LogP contribution in [-0.2, 0) is 6.42 Å². The Bertz CT molecular complexity index is 669. The fourth-order valence-corrected chi connectivity index (χ4v) is 4.95. The van der Waals surface area contributed by atoms with Gasteiger partial charge in [-0.1, -0.05) is 26.2 Å². The summed E-state index contributed by atoms with van der Waals surface area (Å²) in [7, 11) is 0. The van der Waals surface area contributed by atoms with Crippen LogP contribution in [0.4, 0.5) is 0 Å². The molecule has 2 saturated carbocycles. The Kier molecular flexibility index (Phi) is 4.72. The van der Waals surface area contributed by atoms with E-state index < -0.39 is 0 Å². The number of nitrogens with zero attached hydrogens (tertiary/aromatic N) is 3. The lowest BCUT2D eigenvalue weighted by molar-refractivity contribution is 0.127. The van der Waals surface area contributed by atoms with Crippen molar-refractivity contribution >= 4 is 5.65 Å². The predicted octanol–water partition coefficient (Wildman–Crippen LogP) is 4.67. The zero-order valence-electron chi connectivity index (χ0n) is 14.8. The Morgan fingerprint density at radius 2 is 2.04 bits per heavy atom. The minimum Gasteiger partial charge on any atom is -0.493 e. The summed E-state index contributed by atoms with van der Waals surface area (Å²) in [6, 6.07) is 2.02. The van der Waals surface area contributed by atoms with Crippen molar-refractivity contribution in [3.63, 3.8) is 0 Å². The number of hydrogen-bond donors (Lipinski definition) is 0. The molecule has 130 valence electrons. The van der Waals surface area contributed by atoms with E-state index in [1.54, 1.807) is 6.33 Å². The second-order valence-corrected chi connectivity index (χ2v) is 7.84. The van der Waals surface area contributed by atoms with E-state index in [0.29, 0.717) is 0 Å². The zero-order chi connectivity index (χ0) is 16.4. The Balaban J connectivity index is 1.29. The largest absolute Gasteiger partial charge is 0.493 e. The summed E-state index contributed by atoms with van der Waals surface area (Å²) >= 11 is 0. The number of hydrogen-bond acceptors (Lipinski definition) is 3. The lowest BCUT2D eigenvalue weighted by Crippen LogP contribution is -2.27. The van der Waals surface area contributed by atoms with Gasteiger partial charge in [0.1, 0.15) is 12.1 Å². The van der Waals surface area contributed by atoms with Gasteiger partial charge in [0.05, 0.1) is 6.61 Å². The van der Waals surface area contributed by atoms with Crippen molar-refractivity contribution in [3.05, 3.63) is 24.2 Å². The Hall–Kier alpha value is -1.58. The molecule has 4 nitrogen and oxygen atoms in total. The van der Waals surface area contributed by atoms with Gasteiger partial charge in [0.2, 0.25) is 0 Å². The van der Waals surface area contributed by atoms with Crippen LogP contribution in [0.25, 0.3) is 5.65 Å². The summed E-state index contributed by atoms with van der Waals surface area (Å²) in [6.07, 6.45) is 16.2. The molecule has 0 spiro atoms. The molecule has 0 saturated heterocycles. The highest BCUT2D eigenvalue weighted by Gasteiger charge is 2.31. The molecule has 0 amide bonds. The maximum atomic E-state index is 6.11. The molecule has 2 heterocycles. The van der Waals surface area contributed by atoms with Crippen molar-refractivity contribution in [1.29, 1.82) is 0 Å². The molecule has 0 aliphatic heterocycles. The van der Waals surface area contributed by atoms with Gasteiger partial charge in [-0.15, -0.1) is 10.2 Å². The van der Waals surface area contributed by atoms with Crippen LogP contribution in [0.15, 0.2) is 18.6 Å². The zero-order valence-corrected chi connectivity index (χ0v) is 14.8. The van der Waals surface area contributed by atoms with E-state index >= 15 is 0 Å². The van der Waals surface area contributed by atoms with Crippen molar-refractivity contribution in [2.24, 2.45) is 17.8 Å². The Morgan fingerprint density at radius 1 is 1.21 bits per heavy atom. The maximum absolute atomic E-state index is 6.11. The van der Waals surface area contributed by atoms with Gasteiger partial charge in [-0.05, 0) is 56.3 Å². The molecule has 0 radical (unpaired) electrons. The monoisotopic (exact) mass is 327 g/mol. The molecule has 2 unspecified atom stereocenters. The number of aromatic nitrogens is 3. The lowest BCUT2D eigenvalue weighted by atomic mass is 9.67. The fourth-order valence-electron chi connectivity index (χ4n) is 4.95. The molecule has 24 heavy (non-hydrogen) atoms. The van der Waals surface area contributed by atoms with Crippen LogP contribution < -0.4 is 4.74 Å². The van der Waals surface area contributed by atoms with Gasteiger partial charge in [0, 0.05) is 17.8 Å². The molecule has 2 bridgehead atoms.